The molecule has 42 nitrogen and oxygen atoms in total. The molecule has 0 spiro atoms. The molecule has 17 amide bonds. The van der Waals surface area contributed by atoms with Crippen molar-refractivity contribution in [3.63, 3.8) is 0 Å². The second kappa shape index (κ2) is 60.2. The van der Waals surface area contributed by atoms with E-state index >= 15 is 4.79 Å². The number of carbonyl (C=O) groups is 18. The minimum atomic E-state index is -1.74. The number of aldehydes is 1. The molecule has 0 radical (unpaired) electrons. The number of aromatic nitrogens is 2. The molecule has 1 aromatic heterocycles. The highest BCUT2D eigenvalue weighted by Gasteiger charge is 2.44. The van der Waals surface area contributed by atoms with Gasteiger partial charge >= 0.3 is 0 Å². The molecule has 1 fully saturated rings. The molecule has 42 heteroatoms. The van der Waals surface area contributed by atoms with Gasteiger partial charge < -0.3 is 127 Å². The number of aromatic amines is 1. The maximum Gasteiger partial charge on any atom is 0.246 e. The molecule has 139 heavy (non-hydrogen) atoms. The highest BCUT2D eigenvalue weighted by atomic mass is 16.3. The van der Waals surface area contributed by atoms with Crippen LogP contribution in [0.4, 0.5) is 0 Å². The molecule has 1 saturated heterocycles. The molecule has 3 aromatic carbocycles. The van der Waals surface area contributed by atoms with E-state index in [1.165, 1.54) is 31.3 Å². The number of likely N-dealkylation sites (tertiary alicyclic amines) is 1. The van der Waals surface area contributed by atoms with E-state index < -0.39 is 247 Å². The Kier molecular flexibility index (Phi) is 50.6. The quantitative estimate of drug-likeness (QED) is 0.0168. The van der Waals surface area contributed by atoms with Crippen molar-refractivity contribution in [1.82, 2.24) is 99.9 Å². The molecule has 0 bridgehead atoms. The lowest BCUT2D eigenvalue weighted by Gasteiger charge is -2.33. The highest BCUT2D eigenvalue weighted by molar-refractivity contribution is 6.01. The molecule has 20 atom stereocenters. The summed E-state index contributed by atoms with van der Waals surface area (Å²) >= 11 is 0. The van der Waals surface area contributed by atoms with Crippen LogP contribution in [0.5, 0.6) is 0 Å². The molecule has 1 aliphatic heterocycles. The van der Waals surface area contributed by atoms with Crippen LogP contribution >= 0.6 is 0 Å². The monoisotopic (exact) mass is 1940 g/mol. The fraction of sp³-hybridized carbons (Fsp3) is 0.598. The van der Waals surface area contributed by atoms with E-state index in [-0.39, 0.29) is 88.5 Å². The van der Waals surface area contributed by atoms with E-state index in [2.05, 4.69) is 95.0 Å². The third-order valence-corrected chi connectivity index (χ3v) is 24.2. The second-order valence-corrected chi connectivity index (χ2v) is 37.0. The summed E-state index contributed by atoms with van der Waals surface area (Å²) in [6.45, 7) is 20.1. The number of rotatable bonds is 61. The third kappa shape index (κ3) is 39.3. The van der Waals surface area contributed by atoms with Crippen LogP contribution in [0.25, 0.3) is 0 Å². The molecule has 4 aromatic rings. The van der Waals surface area contributed by atoms with E-state index in [1.54, 1.807) is 130 Å². The van der Waals surface area contributed by atoms with Crippen LogP contribution in [0.3, 0.4) is 0 Å². The Labute approximate surface area is 812 Å². The zero-order chi connectivity index (χ0) is 103. The van der Waals surface area contributed by atoms with Crippen molar-refractivity contribution in [2.24, 2.45) is 47.0 Å². The molecule has 768 valence electrons. The molecular weight excluding hydrogens is 1800 g/mol. The maximum atomic E-state index is 15.0. The first-order valence-corrected chi connectivity index (χ1v) is 48.0. The van der Waals surface area contributed by atoms with Crippen molar-refractivity contribution in [2.45, 2.75) is 296 Å². The van der Waals surface area contributed by atoms with E-state index in [9.17, 15) is 96.8 Å². The van der Waals surface area contributed by atoms with Crippen molar-refractivity contribution >= 4 is 107 Å². The summed E-state index contributed by atoms with van der Waals surface area (Å²) < 4.78 is 0. The third-order valence-electron chi connectivity index (χ3n) is 24.2. The standard InChI is InChI=1S/C97H149N21O21/c1-15-57(10)79(95(137)113-74(50-120)85(127)101-48-78(123)106-68(40-54(4)5)90(132)116-80(58(11)16-2)96(138)114-75(51-121)92(134)104-60(13)82(124)107-71(44-63-32-23-19-24-33-63)87(129)105-65(49-119)36-27-28-38-98)115-83(125)61(14)103-86(128)73(46-66-47-100-53-102-66)111-94(136)77-37-29-39-118(77)97(139)81(59(12)17-3)117-91(133)70(42-56(8)9)109-93(135)76(52-122)112-89(131)72(45-64-34-25-20-26-35-64)110-88(130)69(41-55(6)7)108-84(126)67(99)43-62-30-21-18-22-31-62/h18-26,30-35,47,49,53-61,65,67-77,79-81,120-122H,15-17,27-29,36-46,48,50-52,98-99H2,1-14H3,(H,100,102)(H,101,127)(H,103,128)(H,104,134)(H,105,129)(H,106,123)(H,107,124)(H,108,126)(H,109,135)(H,110,130)(H,111,136)(H,112,131)(H,113,137)(H,114,138)(H,115,125)(H,116,132)(H,117,133)/t57-,58-,59-,60-,61-,65-,67-,68-,69-,70-,71-,72-,73-,74-,75-,76-,77-,79-,80-,81-/m0/s1. The van der Waals surface area contributed by atoms with Gasteiger partial charge in [-0.25, -0.2) is 4.98 Å². The van der Waals surface area contributed by atoms with Crippen molar-refractivity contribution in [3.8, 4) is 0 Å². The fourth-order valence-electron chi connectivity index (χ4n) is 15.4. The molecule has 2 heterocycles. The molecule has 1 aliphatic rings. The number of H-pyrrole nitrogens is 1. The van der Waals surface area contributed by atoms with E-state index in [4.69, 9.17) is 11.5 Å². The Morgan fingerprint density at radius 3 is 1.24 bits per heavy atom. The van der Waals surface area contributed by atoms with Gasteiger partial charge in [-0.15, -0.1) is 0 Å². The normalized spacial score (nSPS) is 16.5. The number of aliphatic hydroxyl groups is 3. The summed E-state index contributed by atoms with van der Waals surface area (Å²) in [5.74, 6) is -17.1. The molecule has 24 N–H and O–H groups in total. The largest absolute Gasteiger partial charge is 0.394 e. The molecule has 0 saturated carbocycles. The van der Waals surface area contributed by atoms with E-state index in [0.29, 0.717) is 61.8 Å². The van der Waals surface area contributed by atoms with Crippen molar-refractivity contribution in [2.75, 3.05) is 39.5 Å². The van der Waals surface area contributed by atoms with Crippen LogP contribution in [-0.2, 0) is 112 Å². The van der Waals surface area contributed by atoms with Gasteiger partial charge in [-0.1, -0.05) is 193 Å². The van der Waals surface area contributed by atoms with E-state index in [0.717, 1.165) is 5.56 Å². The van der Waals surface area contributed by atoms with Gasteiger partial charge in [0.15, 0.2) is 0 Å². The van der Waals surface area contributed by atoms with Gasteiger partial charge in [0.05, 0.1) is 44.8 Å². The number of unbranched alkanes of at least 4 members (excludes halogenated alkanes) is 1. The Morgan fingerprint density at radius 1 is 0.417 bits per heavy atom. The predicted octanol–water partition coefficient (Wildman–Crippen LogP) is -1.99. The summed E-state index contributed by atoms with van der Waals surface area (Å²) in [4.78, 5) is 261. The smallest absolute Gasteiger partial charge is 0.246 e. The first-order valence-electron chi connectivity index (χ1n) is 48.0. The Balaban J connectivity index is 1.21. The number of amides is 17. The summed E-state index contributed by atoms with van der Waals surface area (Å²) in [5.41, 5.74) is 14.4. The summed E-state index contributed by atoms with van der Waals surface area (Å²) in [6.07, 6.45) is 6.07. The van der Waals surface area contributed by atoms with Crippen LogP contribution in [0.15, 0.2) is 104 Å². The number of benzene rings is 3. The van der Waals surface area contributed by atoms with Crippen LogP contribution in [0.1, 0.15) is 190 Å². The molecule has 0 aliphatic carbocycles. The van der Waals surface area contributed by atoms with Crippen LogP contribution in [0.2, 0.25) is 0 Å². The van der Waals surface area contributed by atoms with Gasteiger partial charge in [0.2, 0.25) is 100 Å². The van der Waals surface area contributed by atoms with Crippen LogP contribution < -0.4 is 96.5 Å². The number of hydrogen-bond acceptors (Lipinski definition) is 24. The molecule has 5 rings (SSSR count). The Hall–Kier alpha value is -12.7. The molecular formula is C97H149N21O21. The number of nitrogens with zero attached hydrogens (tertiary/aromatic N) is 2. The summed E-state index contributed by atoms with van der Waals surface area (Å²) in [7, 11) is 0. The number of nitrogens with one attached hydrogen (secondary N) is 17. The van der Waals surface area contributed by atoms with Crippen molar-refractivity contribution in [3.05, 3.63) is 126 Å². The topological polar surface area (TPSA) is 644 Å². The van der Waals surface area contributed by atoms with Crippen LogP contribution in [0, 0.1) is 35.5 Å². The number of nitrogens with two attached hydrogens (primary N) is 2. The van der Waals surface area contributed by atoms with Gasteiger partial charge in [0.25, 0.3) is 0 Å². The lowest BCUT2D eigenvalue weighted by molar-refractivity contribution is -0.143. The minimum Gasteiger partial charge on any atom is -0.394 e. The summed E-state index contributed by atoms with van der Waals surface area (Å²) in [6, 6.07) is 3.37. The zero-order valence-corrected chi connectivity index (χ0v) is 82.3. The maximum absolute atomic E-state index is 15.0. The number of carbonyl (C=O) groups excluding carboxylic acids is 18. The van der Waals surface area contributed by atoms with Gasteiger partial charge in [-0.3, -0.25) is 81.5 Å². The average Bonchev–Trinajstić information content (AvgIpc) is 1.71. The summed E-state index contributed by atoms with van der Waals surface area (Å²) in [5, 5.41) is 73.2. The SMILES string of the molecule is CC[C@H](C)[C@H](NC(=O)[C@H](C)NC(=O)[C@H](Cc1cnc[nH]1)NC(=O)[C@@H]1CCCN1C(=O)[C@@H](NC(=O)[C@H](CC(C)C)NC(=O)[C@H](CO)NC(=O)[C@H](Cc1ccccc1)NC(=O)[C@H](CC(C)C)NC(=O)[C@@H](N)Cc1ccccc1)[C@@H](C)CC)C(=O)N[C@@H](CO)C(=O)NCC(=O)N[C@@H](CC(C)C)C(=O)N[C@H](C(=O)N[C@@H](CO)C(=O)N[C@@H](C)C(=O)N[C@@H](Cc1ccccc1)C(=O)N[C@H](C=O)CCCCN)[C@@H](C)CC. The fourth-order valence-corrected chi connectivity index (χ4v) is 15.4. The van der Waals surface area contributed by atoms with E-state index in [1.807, 2.05) is 44.2 Å². The van der Waals surface area contributed by atoms with Crippen molar-refractivity contribution < 1.29 is 102 Å². The number of hydrogen-bond donors (Lipinski definition) is 22. The van der Waals surface area contributed by atoms with Crippen LogP contribution in [-0.4, -0.2) is 279 Å². The lowest BCUT2D eigenvalue weighted by Crippen LogP contribution is -2.62. The minimum absolute atomic E-state index is 0.00636. The van der Waals surface area contributed by atoms with Gasteiger partial charge in [0.1, 0.15) is 96.9 Å². The second-order valence-electron chi connectivity index (χ2n) is 37.0. The van der Waals surface area contributed by atoms with Crippen molar-refractivity contribution in [1.29, 1.82) is 0 Å². The average molecular weight is 1950 g/mol. The Morgan fingerprint density at radius 2 is 0.784 bits per heavy atom. The van der Waals surface area contributed by atoms with Gasteiger partial charge in [-0.05, 0) is 130 Å². The first kappa shape index (κ1) is 117. The zero-order valence-electron chi connectivity index (χ0n) is 82.3. The van der Waals surface area contributed by atoms with Gasteiger partial charge in [0, 0.05) is 37.7 Å². The number of aliphatic hydroxyl groups excluding tert-OH is 3. The number of imidazole rings is 1. The first-order chi connectivity index (χ1) is 66.0. The molecule has 0 unspecified atom stereocenters. The highest BCUT2D eigenvalue weighted by Crippen LogP contribution is 2.24. The lowest BCUT2D eigenvalue weighted by atomic mass is 9.95. The predicted molar refractivity (Wildman–Crippen MR) is 516 cm³/mol. The Bertz CT molecular complexity index is 4650. The van der Waals surface area contributed by atoms with Gasteiger partial charge in [-0.2, -0.15) is 0 Å².